The molecule has 2 aromatic rings. The van der Waals surface area contributed by atoms with Gasteiger partial charge in [-0.05, 0) is 37.7 Å². The zero-order valence-corrected chi connectivity index (χ0v) is 9.67. The maximum absolute atomic E-state index is 6.21. The summed E-state index contributed by atoms with van der Waals surface area (Å²) >= 11 is 6.21. The lowest BCUT2D eigenvalue weighted by molar-refractivity contribution is 0.792. The van der Waals surface area contributed by atoms with Crippen LogP contribution in [0.15, 0.2) is 18.5 Å². The number of benzene rings is 1. The van der Waals surface area contributed by atoms with E-state index in [0.29, 0.717) is 0 Å². The van der Waals surface area contributed by atoms with Crippen molar-refractivity contribution in [2.75, 3.05) is 13.6 Å². The van der Waals surface area contributed by atoms with Gasteiger partial charge in [0.1, 0.15) is 0 Å². The van der Waals surface area contributed by atoms with E-state index in [1.807, 2.05) is 24.7 Å². The number of fused-ring (bicyclic) bond motifs is 1. The van der Waals surface area contributed by atoms with E-state index in [4.69, 9.17) is 11.6 Å². The maximum atomic E-state index is 6.21. The summed E-state index contributed by atoms with van der Waals surface area (Å²) in [5.41, 5.74) is 3.20. The molecule has 0 aliphatic carbocycles. The first-order valence-corrected chi connectivity index (χ1v) is 5.34. The van der Waals surface area contributed by atoms with Crippen molar-refractivity contribution in [3.63, 3.8) is 0 Å². The molecule has 15 heavy (non-hydrogen) atoms. The van der Waals surface area contributed by atoms with E-state index in [2.05, 4.69) is 16.4 Å². The first-order valence-electron chi connectivity index (χ1n) is 4.96. The topological polar surface area (TPSA) is 29.9 Å². The summed E-state index contributed by atoms with van der Waals surface area (Å²) in [6.07, 6.45) is 2.77. The first kappa shape index (κ1) is 10.5. The fourth-order valence-corrected chi connectivity index (χ4v) is 2.08. The Balaban J connectivity index is 2.44. The Hall–Kier alpha value is -1.06. The number of aryl methyl sites for hydroxylation is 1. The maximum Gasteiger partial charge on any atom is 0.0956 e. The molecule has 1 N–H and O–H groups in total. The minimum atomic E-state index is 0.776. The van der Waals surface area contributed by atoms with Crippen molar-refractivity contribution in [2.45, 2.75) is 6.42 Å². The molecule has 0 bridgehead atoms. The molecule has 0 atom stereocenters. The number of aromatic nitrogens is 2. The summed E-state index contributed by atoms with van der Waals surface area (Å²) < 4.78 is 1.94. The van der Waals surface area contributed by atoms with E-state index in [9.17, 15) is 0 Å². The van der Waals surface area contributed by atoms with Gasteiger partial charge in [-0.1, -0.05) is 11.6 Å². The molecule has 3 nitrogen and oxygen atoms in total. The van der Waals surface area contributed by atoms with Crippen LogP contribution in [0.25, 0.3) is 11.0 Å². The van der Waals surface area contributed by atoms with Crippen molar-refractivity contribution in [1.29, 1.82) is 0 Å². The largest absolute Gasteiger partial charge is 0.333 e. The third kappa shape index (κ3) is 1.98. The van der Waals surface area contributed by atoms with Gasteiger partial charge in [0.25, 0.3) is 0 Å². The summed E-state index contributed by atoms with van der Waals surface area (Å²) in [7, 11) is 3.90. The summed E-state index contributed by atoms with van der Waals surface area (Å²) in [5.74, 6) is 0. The predicted octanol–water partition coefficient (Wildman–Crippen LogP) is 1.99. The van der Waals surface area contributed by atoms with Crippen LogP contribution in [0.2, 0.25) is 5.02 Å². The third-order valence-corrected chi connectivity index (χ3v) is 2.78. The van der Waals surface area contributed by atoms with Crippen LogP contribution >= 0.6 is 11.6 Å². The van der Waals surface area contributed by atoms with Gasteiger partial charge in [-0.15, -0.1) is 0 Å². The molecule has 1 aromatic heterocycles. The van der Waals surface area contributed by atoms with Crippen molar-refractivity contribution < 1.29 is 0 Å². The minimum Gasteiger partial charge on any atom is -0.333 e. The fourth-order valence-electron chi connectivity index (χ4n) is 1.71. The zero-order valence-electron chi connectivity index (χ0n) is 8.92. The number of hydrogen-bond donors (Lipinski definition) is 1. The van der Waals surface area contributed by atoms with Crippen LogP contribution in [0.4, 0.5) is 0 Å². The molecule has 1 aromatic carbocycles. The van der Waals surface area contributed by atoms with E-state index in [1.54, 1.807) is 6.33 Å². The standard InChI is InChI=1S/C11H14ClN3/c1-13-4-3-8-5-9(12)11-10(6-8)14-7-15(11)2/h5-7,13H,3-4H2,1-2H3. The molecule has 0 radical (unpaired) electrons. The Morgan fingerprint density at radius 1 is 1.47 bits per heavy atom. The van der Waals surface area contributed by atoms with E-state index in [1.165, 1.54) is 5.56 Å². The highest BCUT2D eigenvalue weighted by Gasteiger charge is 2.06. The van der Waals surface area contributed by atoms with E-state index in [-0.39, 0.29) is 0 Å². The van der Waals surface area contributed by atoms with E-state index >= 15 is 0 Å². The Kier molecular flexibility index (Phi) is 2.93. The van der Waals surface area contributed by atoms with Crippen LogP contribution in [-0.2, 0) is 13.5 Å². The average molecular weight is 224 g/mol. The van der Waals surface area contributed by atoms with Crippen molar-refractivity contribution >= 4 is 22.6 Å². The highest BCUT2D eigenvalue weighted by molar-refractivity contribution is 6.35. The molecule has 0 aliphatic heterocycles. The van der Waals surface area contributed by atoms with Crippen LogP contribution in [0.3, 0.4) is 0 Å². The summed E-state index contributed by atoms with van der Waals surface area (Å²) in [4.78, 5) is 4.31. The van der Waals surface area contributed by atoms with Crippen LogP contribution in [0, 0.1) is 0 Å². The number of imidazole rings is 1. The molecule has 0 spiro atoms. The van der Waals surface area contributed by atoms with Gasteiger partial charge in [-0.2, -0.15) is 0 Å². The SMILES string of the molecule is CNCCc1cc(Cl)c2c(c1)ncn2C. The van der Waals surface area contributed by atoms with Gasteiger partial charge in [0.05, 0.1) is 22.4 Å². The van der Waals surface area contributed by atoms with E-state index < -0.39 is 0 Å². The van der Waals surface area contributed by atoms with Crippen molar-refractivity contribution in [2.24, 2.45) is 7.05 Å². The Bertz CT molecular complexity index is 476. The molecule has 2 rings (SSSR count). The number of nitrogens with one attached hydrogen (secondary N) is 1. The number of rotatable bonds is 3. The van der Waals surface area contributed by atoms with Crippen molar-refractivity contribution in [3.8, 4) is 0 Å². The molecule has 0 unspecified atom stereocenters. The average Bonchev–Trinajstić information content (AvgIpc) is 2.58. The monoisotopic (exact) mass is 223 g/mol. The molecule has 0 aliphatic rings. The van der Waals surface area contributed by atoms with Gasteiger partial charge in [-0.3, -0.25) is 0 Å². The van der Waals surface area contributed by atoms with Crippen LogP contribution in [0.1, 0.15) is 5.56 Å². The van der Waals surface area contributed by atoms with Gasteiger partial charge in [0.15, 0.2) is 0 Å². The van der Waals surface area contributed by atoms with E-state index in [0.717, 1.165) is 29.0 Å². The molecule has 0 saturated heterocycles. The molecular formula is C11H14ClN3. The molecule has 0 fully saturated rings. The molecular weight excluding hydrogens is 210 g/mol. The van der Waals surface area contributed by atoms with Crippen LogP contribution in [0.5, 0.6) is 0 Å². The Labute approximate surface area is 94.1 Å². The van der Waals surface area contributed by atoms with Crippen molar-refractivity contribution in [1.82, 2.24) is 14.9 Å². The van der Waals surface area contributed by atoms with Crippen LogP contribution < -0.4 is 5.32 Å². The Morgan fingerprint density at radius 2 is 2.27 bits per heavy atom. The lowest BCUT2D eigenvalue weighted by Crippen LogP contribution is -2.10. The Morgan fingerprint density at radius 3 is 3.00 bits per heavy atom. The first-order chi connectivity index (χ1) is 7.22. The summed E-state index contributed by atoms with van der Waals surface area (Å²) in [5, 5.41) is 3.90. The highest BCUT2D eigenvalue weighted by Crippen LogP contribution is 2.24. The number of hydrogen-bond acceptors (Lipinski definition) is 2. The second-order valence-corrected chi connectivity index (χ2v) is 4.06. The molecule has 1 heterocycles. The lowest BCUT2D eigenvalue weighted by Gasteiger charge is -2.03. The lowest BCUT2D eigenvalue weighted by atomic mass is 10.1. The molecule has 0 amide bonds. The molecule has 80 valence electrons. The van der Waals surface area contributed by atoms with Gasteiger partial charge >= 0.3 is 0 Å². The molecule has 0 saturated carbocycles. The zero-order chi connectivity index (χ0) is 10.8. The summed E-state index contributed by atoms with van der Waals surface area (Å²) in [6.45, 7) is 0.953. The smallest absolute Gasteiger partial charge is 0.0956 e. The predicted molar refractivity (Wildman–Crippen MR) is 63.4 cm³/mol. The second-order valence-electron chi connectivity index (χ2n) is 3.65. The number of likely N-dealkylation sites (N-methyl/N-ethyl adjacent to an activating group) is 1. The third-order valence-electron chi connectivity index (χ3n) is 2.49. The van der Waals surface area contributed by atoms with Gasteiger partial charge in [0.2, 0.25) is 0 Å². The number of nitrogens with zero attached hydrogens (tertiary/aromatic N) is 2. The van der Waals surface area contributed by atoms with Gasteiger partial charge < -0.3 is 9.88 Å². The van der Waals surface area contributed by atoms with Gasteiger partial charge in [-0.25, -0.2) is 4.98 Å². The van der Waals surface area contributed by atoms with Crippen LogP contribution in [-0.4, -0.2) is 23.1 Å². The number of halogens is 1. The highest BCUT2D eigenvalue weighted by atomic mass is 35.5. The fraction of sp³-hybridized carbons (Fsp3) is 0.364. The minimum absolute atomic E-state index is 0.776. The van der Waals surface area contributed by atoms with Crippen molar-refractivity contribution in [3.05, 3.63) is 29.0 Å². The second kappa shape index (κ2) is 4.21. The summed E-state index contributed by atoms with van der Waals surface area (Å²) in [6, 6.07) is 4.11. The van der Waals surface area contributed by atoms with Gasteiger partial charge in [0, 0.05) is 7.05 Å². The quantitative estimate of drug-likeness (QED) is 0.863. The normalized spacial score (nSPS) is 11.1. The molecule has 4 heteroatoms.